The van der Waals surface area contributed by atoms with Crippen LogP contribution in [0.15, 0.2) is 16.6 Å². The number of ketones is 1. The lowest BCUT2D eigenvalue weighted by Crippen LogP contribution is -2.33. The van der Waals surface area contributed by atoms with Gasteiger partial charge in [-0.3, -0.25) is 19.8 Å². The van der Waals surface area contributed by atoms with Gasteiger partial charge in [-0.05, 0) is 34.5 Å². The van der Waals surface area contributed by atoms with Crippen molar-refractivity contribution in [3.63, 3.8) is 0 Å². The van der Waals surface area contributed by atoms with Crippen LogP contribution in [0.4, 0.5) is 10.1 Å². The largest absolute Gasteiger partial charge is 0.304 e. The number of carbonyl (C=O) groups excluding carboxylic acids is 3. The number of hydrazine groups is 1. The average Bonchev–Trinajstić information content (AvgIpc) is 2.64. The quantitative estimate of drug-likeness (QED) is 0.367. The van der Waals surface area contributed by atoms with Gasteiger partial charge in [-0.2, -0.15) is 0 Å². The predicted octanol–water partition coefficient (Wildman–Crippen LogP) is 0.888. The third kappa shape index (κ3) is 2.56. The number of halogens is 2. The summed E-state index contributed by atoms with van der Waals surface area (Å²) in [5, 5.41) is 0. The zero-order valence-corrected chi connectivity index (χ0v) is 11.9. The Hall–Kier alpha value is -1.80. The number of fused-ring (bicyclic) bond motifs is 1. The summed E-state index contributed by atoms with van der Waals surface area (Å²) in [4.78, 5) is 35.9. The smallest absolute Gasteiger partial charge is 0.299 e. The molecule has 2 rings (SSSR count). The maximum Gasteiger partial charge on any atom is 0.299 e. The number of carbonyl (C=O) groups is 3. The molecule has 8 heteroatoms. The first-order valence-corrected chi connectivity index (χ1v) is 6.59. The molecule has 2 amide bonds. The summed E-state index contributed by atoms with van der Waals surface area (Å²) in [6.07, 6.45) is 0.466. The highest BCUT2D eigenvalue weighted by Gasteiger charge is 2.37. The summed E-state index contributed by atoms with van der Waals surface area (Å²) in [6, 6.07) is 2.22. The van der Waals surface area contributed by atoms with Gasteiger partial charge in [-0.1, -0.05) is 0 Å². The molecule has 3 N–H and O–H groups in total. The summed E-state index contributed by atoms with van der Waals surface area (Å²) in [7, 11) is 0. The van der Waals surface area contributed by atoms with Crippen molar-refractivity contribution in [2.24, 2.45) is 5.84 Å². The Morgan fingerprint density at radius 1 is 1.40 bits per heavy atom. The number of nitrogens with two attached hydrogens (primary N) is 1. The number of amides is 2. The lowest BCUT2D eigenvalue weighted by atomic mass is 10.1. The van der Waals surface area contributed by atoms with Gasteiger partial charge in [0.15, 0.2) is 0 Å². The van der Waals surface area contributed by atoms with E-state index in [1.807, 2.05) is 5.43 Å². The molecule has 0 radical (unpaired) electrons. The van der Waals surface area contributed by atoms with Crippen LogP contribution in [0.2, 0.25) is 0 Å². The van der Waals surface area contributed by atoms with Gasteiger partial charge in [-0.15, -0.1) is 0 Å². The summed E-state index contributed by atoms with van der Waals surface area (Å²) >= 11 is 3.14. The molecule has 6 nitrogen and oxygen atoms in total. The van der Waals surface area contributed by atoms with Gasteiger partial charge in [-0.25, -0.2) is 10.2 Å². The number of rotatable bonds is 4. The van der Waals surface area contributed by atoms with Crippen molar-refractivity contribution >= 4 is 39.2 Å². The van der Waals surface area contributed by atoms with E-state index < -0.39 is 17.5 Å². The van der Waals surface area contributed by atoms with Crippen molar-refractivity contribution in [3.8, 4) is 0 Å². The zero-order chi connectivity index (χ0) is 14.9. The zero-order valence-electron chi connectivity index (χ0n) is 10.3. The Balaban J connectivity index is 2.22. The Labute approximate surface area is 122 Å². The summed E-state index contributed by atoms with van der Waals surface area (Å²) < 4.78 is 13.6. The van der Waals surface area contributed by atoms with Crippen molar-refractivity contribution in [1.29, 1.82) is 0 Å². The normalized spacial score (nSPS) is 13.7. The first kappa shape index (κ1) is 14.6. The Bertz CT molecular complexity index is 606. The van der Waals surface area contributed by atoms with Crippen LogP contribution in [0.1, 0.15) is 23.2 Å². The van der Waals surface area contributed by atoms with Crippen LogP contribution >= 0.6 is 15.9 Å². The molecule has 0 aromatic heterocycles. The van der Waals surface area contributed by atoms with Gasteiger partial charge in [0, 0.05) is 17.4 Å². The van der Waals surface area contributed by atoms with Crippen LogP contribution in [0.5, 0.6) is 0 Å². The second-order valence-electron chi connectivity index (χ2n) is 4.24. The van der Waals surface area contributed by atoms with Gasteiger partial charge in [0.2, 0.25) is 5.91 Å². The van der Waals surface area contributed by atoms with Crippen LogP contribution in [0.3, 0.4) is 0 Å². The van der Waals surface area contributed by atoms with Crippen molar-refractivity contribution in [2.45, 2.75) is 12.8 Å². The van der Waals surface area contributed by atoms with Gasteiger partial charge in [0.05, 0.1) is 11.3 Å². The SMILES string of the molecule is NNC(=O)CCCN1C(=O)C(=O)c2cc(F)cc(Br)c21. The van der Waals surface area contributed by atoms with Gasteiger partial charge >= 0.3 is 0 Å². The molecule has 0 spiro atoms. The number of hydrogen-bond donors (Lipinski definition) is 2. The topological polar surface area (TPSA) is 92.5 Å². The van der Waals surface area contributed by atoms with Gasteiger partial charge in [0.1, 0.15) is 5.82 Å². The van der Waals surface area contributed by atoms with E-state index in [0.717, 1.165) is 6.07 Å². The van der Waals surface area contributed by atoms with Gasteiger partial charge in [0.25, 0.3) is 11.7 Å². The van der Waals surface area contributed by atoms with Crippen molar-refractivity contribution in [2.75, 3.05) is 11.4 Å². The average molecular weight is 344 g/mol. The van der Waals surface area contributed by atoms with E-state index in [1.165, 1.54) is 11.0 Å². The summed E-state index contributed by atoms with van der Waals surface area (Å²) in [5.74, 6) is 2.52. The highest BCUT2D eigenvalue weighted by Crippen LogP contribution is 2.36. The Morgan fingerprint density at radius 2 is 2.10 bits per heavy atom. The molecule has 20 heavy (non-hydrogen) atoms. The number of anilines is 1. The molecule has 0 atom stereocenters. The second kappa shape index (κ2) is 5.68. The van der Waals surface area contributed by atoms with E-state index in [0.29, 0.717) is 16.6 Å². The molecule has 0 aliphatic carbocycles. The molecule has 0 saturated heterocycles. The van der Waals surface area contributed by atoms with E-state index in [2.05, 4.69) is 15.9 Å². The maximum absolute atomic E-state index is 13.3. The van der Waals surface area contributed by atoms with E-state index in [-0.39, 0.29) is 24.4 Å². The lowest BCUT2D eigenvalue weighted by Gasteiger charge is -2.17. The molecule has 0 bridgehead atoms. The number of nitrogens with zero attached hydrogens (tertiary/aromatic N) is 1. The highest BCUT2D eigenvalue weighted by molar-refractivity contribution is 9.10. The minimum absolute atomic E-state index is 0.0325. The Kier molecular flexibility index (Phi) is 4.15. The van der Waals surface area contributed by atoms with Crippen molar-refractivity contribution in [3.05, 3.63) is 28.0 Å². The predicted molar refractivity (Wildman–Crippen MR) is 72.3 cm³/mol. The third-order valence-corrected chi connectivity index (χ3v) is 3.53. The molecule has 0 fully saturated rings. The molecule has 1 aliphatic heterocycles. The second-order valence-corrected chi connectivity index (χ2v) is 5.10. The number of Topliss-reactive ketones (excluding diaryl/α,β-unsaturated/α-hetero) is 1. The molecule has 0 unspecified atom stereocenters. The lowest BCUT2D eigenvalue weighted by molar-refractivity contribution is -0.121. The summed E-state index contributed by atoms with van der Waals surface area (Å²) in [6.45, 7) is 0.176. The number of hydrogen-bond acceptors (Lipinski definition) is 4. The molecule has 1 heterocycles. The van der Waals surface area contributed by atoms with Crippen LogP contribution in [-0.4, -0.2) is 24.1 Å². The fourth-order valence-corrected chi connectivity index (χ4v) is 2.68. The molecular formula is C12H11BrFN3O3. The number of benzene rings is 1. The summed E-state index contributed by atoms with van der Waals surface area (Å²) in [5.41, 5.74) is 2.35. The van der Waals surface area contributed by atoms with Crippen molar-refractivity contribution < 1.29 is 18.8 Å². The fourth-order valence-electron chi connectivity index (χ4n) is 2.04. The van der Waals surface area contributed by atoms with Crippen molar-refractivity contribution in [1.82, 2.24) is 5.43 Å². The molecule has 0 saturated carbocycles. The minimum Gasteiger partial charge on any atom is -0.304 e. The molecule has 1 aromatic rings. The minimum atomic E-state index is -0.747. The van der Waals surface area contributed by atoms with E-state index >= 15 is 0 Å². The van der Waals surface area contributed by atoms with E-state index in [9.17, 15) is 18.8 Å². The third-order valence-electron chi connectivity index (χ3n) is 2.93. The van der Waals surface area contributed by atoms with E-state index in [1.54, 1.807) is 0 Å². The maximum atomic E-state index is 13.3. The van der Waals surface area contributed by atoms with Crippen LogP contribution in [0, 0.1) is 5.82 Å². The first-order valence-electron chi connectivity index (χ1n) is 5.80. The van der Waals surface area contributed by atoms with Crippen LogP contribution in [0.25, 0.3) is 0 Å². The van der Waals surface area contributed by atoms with E-state index in [4.69, 9.17) is 5.84 Å². The standard InChI is InChI=1S/C12H11BrFN3O3/c13-8-5-6(14)4-7-10(8)17(12(20)11(7)19)3-1-2-9(18)16-15/h4-5H,1-3,15H2,(H,16,18). The molecular weight excluding hydrogens is 333 g/mol. The monoisotopic (exact) mass is 343 g/mol. The first-order chi connectivity index (χ1) is 9.45. The number of nitrogens with one attached hydrogen (secondary N) is 1. The molecule has 1 aromatic carbocycles. The molecule has 1 aliphatic rings. The van der Waals surface area contributed by atoms with Crippen LogP contribution < -0.4 is 16.2 Å². The van der Waals surface area contributed by atoms with Crippen LogP contribution in [-0.2, 0) is 9.59 Å². The fraction of sp³-hybridized carbons (Fsp3) is 0.250. The Morgan fingerprint density at radius 3 is 2.75 bits per heavy atom. The highest BCUT2D eigenvalue weighted by atomic mass is 79.9. The van der Waals surface area contributed by atoms with Gasteiger partial charge < -0.3 is 4.90 Å². The molecule has 106 valence electrons.